The molecular weight excluding hydrogens is 230 g/mol. The molecule has 2 nitrogen and oxygen atoms in total. The van der Waals surface area contributed by atoms with Gasteiger partial charge in [0, 0.05) is 22.2 Å². The number of nitrogens with one attached hydrogen (secondary N) is 1. The van der Waals surface area contributed by atoms with Crippen molar-refractivity contribution >= 4 is 11.8 Å². The van der Waals surface area contributed by atoms with Crippen LogP contribution in [0.15, 0.2) is 29.2 Å². The Labute approximate surface area is 108 Å². The fourth-order valence-electron chi connectivity index (χ4n) is 1.73. The Bertz CT molecular complexity index is 361. The van der Waals surface area contributed by atoms with Crippen LogP contribution >= 0.6 is 11.8 Å². The van der Waals surface area contributed by atoms with Crippen LogP contribution in [-0.2, 0) is 0 Å². The molecule has 1 aromatic carbocycles. The molecule has 0 spiro atoms. The summed E-state index contributed by atoms with van der Waals surface area (Å²) in [5.74, 6) is 0.906. The number of benzene rings is 1. The Morgan fingerprint density at radius 2 is 2.00 bits per heavy atom. The number of hydrogen-bond donors (Lipinski definition) is 2. The summed E-state index contributed by atoms with van der Waals surface area (Å²) >= 11 is 1.81. The molecule has 2 N–H and O–H groups in total. The molecule has 0 aromatic heterocycles. The molecule has 94 valence electrons. The summed E-state index contributed by atoms with van der Waals surface area (Å²) < 4.78 is 0. The Morgan fingerprint density at radius 3 is 2.53 bits per heavy atom. The first-order valence-corrected chi connectivity index (χ1v) is 7.18. The molecule has 1 saturated carbocycles. The van der Waals surface area contributed by atoms with Crippen molar-refractivity contribution in [3.63, 3.8) is 0 Å². The van der Waals surface area contributed by atoms with E-state index in [0.717, 1.165) is 5.75 Å². The smallest absolute Gasteiger partial charge is 0.0618 e. The minimum atomic E-state index is -0.156. The summed E-state index contributed by atoms with van der Waals surface area (Å²) in [6, 6.07) is 9.19. The number of rotatable bonds is 6. The van der Waals surface area contributed by atoms with Crippen molar-refractivity contribution in [2.75, 3.05) is 12.4 Å². The summed E-state index contributed by atoms with van der Waals surface area (Å²) in [5, 5.41) is 13.0. The topological polar surface area (TPSA) is 32.3 Å². The zero-order valence-electron chi connectivity index (χ0n) is 10.6. The summed E-state index contributed by atoms with van der Waals surface area (Å²) in [7, 11) is 0. The van der Waals surface area contributed by atoms with Gasteiger partial charge in [-0.05, 0) is 38.8 Å². The van der Waals surface area contributed by atoms with E-state index in [2.05, 4.69) is 43.4 Å². The maximum absolute atomic E-state index is 9.51. The molecule has 2 rings (SSSR count). The predicted octanol–water partition coefficient (Wildman–Crippen LogP) is 2.59. The summed E-state index contributed by atoms with van der Waals surface area (Å²) in [6.45, 7) is 4.40. The standard InChI is InChI=1S/C14H21NOS/c1-11-3-7-13(8-4-11)17-10-14(2,9-16)15-12-5-6-12/h3-4,7-8,12,15-16H,5-6,9-10H2,1-2H3. The van der Waals surface area contributed by atoms with Crippen LogP contribution in [0, 0.1) is 6.92 Å². The number of hydrogen-bond acceptors (Lipinski definition) is 3. The highest BCUT2D eigenvalue weighted by atomic mass is 32.2. The first kappa shape index (κ1) is 12.9. The van der Waals surface area contributed by atoms with Crippen molar-refractivity contribution in [1.29, 1.82) is 0 Å². The van der Waals surface area contributed by atoms with Crippen LogP contribution in [0.5, 0.6) is 0 Å². The van der Waals surface area contributed by atoms with Gasteiger partial charge in [-0.3, -0.25) is 0 Å². The highest BCUT2D eigenvalue weighted by molar-refractivity contribution is 7.99. The predicted molar refractivity (Wildman–Crippen MR) is 73.6 cm³/mol. The molecule has 1 aliphatic carbocycles. The lowest BCUT2D eigenvalue weighted by molar-refractivity contribution is 0.190. The van der Waals surface area contributed by atoms with Crippen LogP contribution in [0.1, 0.15) is 25.3 Å². The molecule has 0 aliphatic heterocycles. The summed E-state index contributed by atoms with van der Waals surface area (Å²) in [6.07, 6.45) is 2.51. The molecule has 0 heterocycles. The molecule has 1 atom stereocenters. The number of thioether (sulfide) groups is 1. The molecular formula is C14H21NOS. The van der Waals surface area contributed by atoms with Crippen molar-refractivity contribution in [2.45, 2.75) is 43.2 Å². The molecule has 0 bridgehead atoms. The third-order valence-electron chi connectivity index (χ3n) is 3.06. The maximum Gasteiger partial charge on any atom is 0.0618 e. The Kier molecular flexibility index (Phi) is 4.13. The highest BCUT2D eigenvalue weighted by Crippen LogP contribution is 2.27. The van der Waals surface area contributed by atoms with Crippen molar-refractivity contribution in [2.24, 2.45) is 0 Å². The minimum Gasteiger partial charge on any atom is -0.394 e. The molecule has 1 fully saturated rings. The molecule has 3 heteroatoms. The third-order valence-corrected chi connectivity index (χ3v) is 4.44. The molecule has 1 aliphatic rings. The second-order valence-corrected chi connectivity index (χ2v) is 6.29. The van der Waals surface area contributed by atoms with E-state index in [4.69, 9.17) is 0 Å². The average Bonchev–Trinajstić information content (AvgIpc) is 3.12. The Balaban J connectivity index is 1.88. The quantitative estimate of drug-likeness (QED) is 0.762. The van der Waals surface area contributed by atoms with Gasteiger partial charge in [-0.25, -0.2) is 0 Å². The van der Waals surface area contributed by atoms with Gasteiger partial charge < -0.3 is 10.4 Å². The van der Waals surface area contributed by atoms with E-state index in [0.29, 0.717) is 6.04 Å². The minimum absolute atomic E-state index is 0.156. The van der Waals surface area contributed by atoms with Gasteiger partial charge in [0.1, 0.15) is 0 Å². The molecule has 0 radical (unpaired) electrons. The first-order valence-electron chi connectivity index (χ1n) is 6.19. The third kappa shape index (κ3) is 4.02. The van der Waals surface area contributed by atoms with Gasteiger partial charge in [0.05, 0.1) is 6.61 Å². The fraction of sp³-hybridized carbons (Fsp3) is 0.571. The normalized spacial score (nSPS) is 19.0. The van der Waals surface area contributed by atoms with Gasteiger partial charge in [0.2, 0.25) is 0 Å². The van der Waals surface area contributed by atoms with Crippen LogP contribution in [-0.4, -0.2) is 29.0 Å². The van der Waals surface area contributed by atoms with Crippen molar-refractivity contribution < 1.29 is 5.11 Å². The van der Waals surface area contributed by atoms with Gasteiger partial charge in [0.15, 0.2) is 0 Å². The second kappa shape index (κ2) is 5.42. The molecule has 0 saturated heterocycles. The lowest BCUT2D eigenvalue weighted by Crippen LogP contribution is -2.49. The summed E-state index contributed by atoms with van der Waals surface area (Å²) in [5.41, 5.74) is 1.13. The molecule has 1 aromatic rings. The van der Waals surface area contributed by atoms with E-state index in [-0.39, 0.29) is 12.1 Å². The van der Waals surface area contributed by atoms with E-state index in [1.165, 1.54) is 23.3 Å². The van der Waals surface area contributed by atoms with Crippen LogP contribution in [0.2, 0.25) is 0 Å². The average molecular weight is 251 g/mol. The van der Waals surface area contributed by atoms with E-state index >= 15 is 0 Å². The van der Waals surface area contributed by atoms with Crippen LogP contribution in [0.25, 0.3) is 0 Å². The molecule has 1 unspecified atom stereocenters. The monoisotopic (exact) mass is 251 g/mol. The Morgan fingerprint density at radius 1 is 1.35 bits per heavy atom. The lowest BCUT2D eigenvalue weighted by Gasteiger charge is -2.28. The van der Waals surface area contributed by atoms with Gasteiger partial charge in [0.25, 0.3) is 0 Å². The first-order chi connectivity index (χ1) is 8.11. The van der Waals surface area contributed by atoms with Gasteiger partial charge in [-0.15, -0.1) is 11.8 Å². The summed E-state index contributed by atoms with van der Waals surface area (Å²) in [4.78, 5) is 1.27. The van der Waals surface area contributed by atoms with Gasteiger partial charge in [-0.2, -0.15) is 0 Å². The zero-order valence-corrected chi connectivity index (χ0v) is 11.4. The van der Waals surface area contributed by atoms with Gasteiger partial charge in [-0.1, -0.05) is 17.7 Å². The van der Waals surface area contributed by atoms with Crippen molar-refractivity contribution in [3.05, 3.63) is 29.8 Å². The second-order valence-electron chi connectivity index (χ2n) is 5.24. The van der Waals surface area contributed by atoms with Crippen molar-refractivity contribution in [1.82, 2.24) is 5.32 Å². The zero-order chi connectivity index (χ0) is 12.3. The van der Waals surface area contributed by atoms with Crippen LogP contribution in [0.4, 0.5) is 0 Å². The van der Waals surface area contributed by atoms with E-state index in [9.17, 15) is 5.11 Å². The van der Waals surface area contributed by atoms with Crippen LogP contribution < -0.4 is 5.32 Å². The lowest BCUT2D eigenvalue weighted by atomic mass is 10.1. The van der Waals surface area contributed by atoms with Crippen LogP contribution in [0.3, 0.4) is 0 Å². The number of aliphatic hydroxyl groups excluding tert-OH is 1. The molecule has 0 amide bonds. The van der Waals surface area contributed by atoms with E-state index < -0.39 is 0 Å². The van der Waals surface area contributed by atoms with Gasteiger partial charge >= 0.3 is 0 Å². The molecule has 17 heavy (non-hydrogen) atoms. The van der Waals surface area contributed by atoms with Crippen molar-refractivity contribution in [3.8, 4) is 0 Å². The largest absolute Gasteiger partial charge is 0.394 e. The van der Waals surface area contributed by atoms with E-state index in [1.54, 1.807) is 0 Å². The number of aryl methyl sites for hydroxylation is 1. The maximum atomic E-state index is 9.51. The van der Waals surface area contributed by atoms with E-state index in [1.807, 2.05) is 11.8 Å². The fourth-order valence-corrected chi connectivity index (χ4v) is 2.72. The highest BCUT2D eigenvalue weighted by Gasteiger charge is 2.31. The Hall–Kier alpha value is -0.510. The number of aliphatic hydroxyl groups is 1. The SMILES string of the molecule is Cc1ccc(SCC(C)(CO)NC2CC2)cc1.